The van der Waals surface area contributed by atoms with Gasteiger partial charge in [-0.3, -0.25) is 0 Å². The summed E-state index contributed by atoms with van der Waals surface area (Å²) in [7, 11) is 0. The lowest BCUT2D eigenvalue weighted by Gasteiger charge is -2.15. The smallest absolute Gasteiger partial charge is 0.138 e. The van der Waals surface area contributed by atoms with E-state index in [1.807, 2.05) is 6.26 Å². The normalized spacial score (nSPS) is 13.0. The Morgan fingerprint density at radius 2 is 1.74 bits per heavy atom. The molecule has 0 saturated heterocycles. The molecule has 0 spiro atoms. The topological polar surface area (TPSA) is 13.1 Å². The van der Waals surface area contributed by atoms with Crippen LogP contribution in [0.15, 0.2) is 71.3 Å². The highest BCUT2D eigenvalue weighted by Gasteiger charge is 2.23. The van der Waals surface area contributed by atoms with Crippen molar-refractivity contribution in [1.82, 2.24) is 0 Å². The molecule has 0 N–H and O–H groups in total. The average molecular weight is 350 g/mol. The molecule has 5 rings (SSSR count). The van der Waals surface area contributed by atoms with Crippen molar-refractivity contribution in [3.63, 3.8) is 0 Å². The highest BCUT2D eigenvalue weighted by Crippen LogP contribution is 2.42. The maximum atomic E-state index is 5.99. The molecule has 0 bridgehead atoms. The lowest BCUT2D eigenvalue weighted by Crippen LogP contribution is -1.95. The Hall–Kier alpha value is -3.06. The molecule has 1 aromatic heterocycles. The van der Waals surface area contributed by atoms with Gasteiger partial charge in [-0.25, -0.2) is 0 Å². The Balaban J connectivity index is 1.72. The van der Waals surface area contributed by atoms with Crippen LogP contribution in [-0.2, 0) is 12.8 Å². The first-order chi connectivity index (χ1) is 13.3. The van der Waals surface area contributed by atoms with Crippen molar-refractivity contribution >= 4 is 22.4 Å². The lowest BCUT2D eigenvalue weighted by molar-refractivity contribution is 0.557. The van der Waals surface area contributed by atoms with E-state index in [1.165, 1.54) is 44.3 Å². The van der Waals surface area contributed by atoms with E-state index in [1.54, 1.807) is 0 Å². The van der Waals surface area contributed by atoms with Crippen molar-refractivity contribution in [2.45, 2.75) is 26.7 Å². The summed E-state index contributed by atoms with van der Waals surface area (Å²) < 4.78 is 5.99. The number of fused-ring (bicyclic) bond motifs is 2. The van der Waals surface area contributed by atoms with Crippen LogP contribution in [0.1, 0.15) is 34.9 Å². The van der Waals surface area contributed by atoms with Gasteiger partial charge in [-0.1, -0.05) is 67.6 Å². The second-order valence-electron chi connectivity index (χ2n) is 7.34. The predicted octanol–water partition coefficient (Wildman–Crippen LogP) is 7.07. The first-order valence-corrected chi connectivity index (χ1v) is 9.64. The standard InChI is InChI=1S/C26H22O/c1-3-18-12-13-19-14-21(26-23-11-7-5-9-20(23)16-27-26)15-24(19)25(18)22-10-6-4-8-17(22)2/h4-13,15-16H,3,14H2,1-2H3. The summed E-state index contributed by atoms with van der Waals surface area (Å²) in [5, 5.41) is 2.36. The molecule has 27 heavy (non-hydrogen) atoms. The third-order valence-electron chi connectivity index (χ3n) is 5.72. The number of hydrogen-bond donors (Lipinski definition) is 0. The van der Waals surface area contributed by atoms with Gasteiger partial charge in [0, 0.05) is 22.8 Å². The lowest BCUT2D eigenvalue weighted by atomic mass is 9.89. The molecule has 3 aromatic carbocycles. The molecule has 1 nitrogen and oxygen atoms in total. The van der Waals surface area contributed by atoms with E-state index in [9.17, 15) is 0 Å². The molecule has 132 valence electrons. The number of benzene rings is 3. The monoisotopic (exact) mass is 350 g/mol. The van der Waals surface area contributed by atoms with Crippen molar-refractivity contribution in [3.05, 3.63) is 94.9 Å². The number of furan rings is 1. The summed E-state index contributed by atoms with van der Waals surface area (Å²) in [4.78, 5) is 0. The van der Waals surface area contributed by atoms with Gasteiger partial charge >= 0.3 is 0 Å². The van der Waals surface area contributed by atoms with Crippen molar-refractivity contribution in [2.75, 3.05) is 0 Å². The van der Waals surface area contributed by atoms with Gasteiger partial charge < -0.3 is 4.42 Å². The summed E-state index contributed by atoms with van der Waals surface area (Å²) in [6.45, 7) is 4.44. The predicted molar refractivity (Wildman–Crippen MR) is 114 cm³/mol. The SMILES string of the molecule is CCc1ccc2c(c1-c1ccccc1C)C=C(c1occ3ccccc13)C2. The fourth-order valence-electron chi connectivity index (χ4n) is 4.31. The zero-order valence-electron chi connectivity index (χ0n) is 15.8. The van der Waals surface area contributed by atoms with Gasteiger partial charge in [0.2, 0.25) is 0 Å². The van der Waals surface area contributed by atoms with Crippen LogP contribution in [0, 0.1) is 6.92 Å². The Morgan fingerprint density at radius 3 is 2.59 bits per heavy atom. The number of aryl methyl sites for hydroxylation is 2. The Morgan fingerprint density at radius 1 is 0.926 bits per heavy atom. The highest BCUT2D eigenvalue weighted by molar-refractivity contribution is 6.01. The Kier molecular flexibility index (Phi) is 3.75. The third kappa shape index (κ3) is 2.54. The molecule has 1 aliphatic carbocycles. The van der Waals surface area contributed by atoms with Gasteiger partial charge in [-0.15, -0.1) is 0 Å². The molecule has 0 unspecified atom stereocenters. The van der Waals surface area contributed by atoms with E-state index in [4.69, 9.17) is 4.42 Å². The summed E-state index contributed by atoms with van der Waals surface area (Å²) in [6.07, 6.45) is 6.18. The van der Waals surface area contributed by atoms with Crippen LogP contribution in [0.25, 0.3) is 33.5 Å². The Bertz CT molecular complexity index is 1190. The fraction of sp³-hybridized carbons (Fsp3) is 0.154. The van der Waals surface area contributed by atoms with Crippen LogP contribution in [0.2, 0.25) is 0 Å². The minimum Gasteiger partial charge on any atom is -0.463 e. The van der Waals surface area contributed by atoms with Crippen LogP contribution < -0.4 is 0 Å². The summed E-state index contributed by atoms with van der Waals surface area (Å²) >= 11 is 0. The van der Waals surface area contributed by atoms with Crippen molar-refractivity contribution < 1.29 is 4.42 Å². The molecular formula is C26H22O. The van der Waals surface area contributed by atoms with Crippen LogP contribution in [0.5, 0.6) is 0 Å². The summed E-state index contributed by atoms with van der Waals surface area (Å²) in [6, 6.07) is 21.7. The largest absolute Gasteiger partial charge is 0.463 e. The number of allylic oxidation sites excluding steroid dienone is 1. The maximum Gasteiger partial charge on any atom is 0.138 e. The molecule has 0 amide bonds. The molecule has 4 aromatic rings. The van der Waals surface area contributed by atoms with Crippen LogP contribution in [0.4, 0.5) is 0 Å². The van der Waals surface area contributed by atoms with E-state index in [0.29, 0.717) is 0 Å². The summed E-state index contributed by atoms with van der Waals surface area (Å²) in [5.41, 5.74) is 9.48. The molecule has 0 fully saturated rings. The zero-order valence-corrected chi connectivity index (χ0v) is 15.8. The van der Waals surface area contributed by atoms with E-state index >= 15 is 0 Å². The van der Waals surface area contributed by atoms with Crippen LogP contribution >= 0.6 is 0 Å². The van der Waals surface area contributed by atoms with Gasteiger partial charge in [-0.2, -0.15) is 0 Å². The highest BCUT2D eigenvalue weighted by atomic mass is 16.3. The van der Waals surface area contributed by atoms with Gasteiger partial charge in [0.05, 0.1) is 6.26 Å². The third-order valence-corrected chi connectivity index (χ3v) is 5.72. The Labute approximate surface area is 160 Å². The molecule has 0 aliphatic heterocycles. The van der Waals surface area contributed by atoms with Gasteiger partial charge in [0.1, 0.15) is 5.76 Å². The molecule has 0 radical (unpaired) electrons. The minimum atomic E-state index is 0.926. The van der Waals surface area contributed by atoms with Crippen molar-refractivity contribution in [2.24, 2.45) is 0 Å². The van der Waals surface area contributed by atoms with Crippen molar-refractivity contribution in [3.8, 4) is 11.1 Å². The second-order valence-corrected chi connectivity index (χ2v) is 7.34. The average Bonchev–Trinajstić information content (AvgIpc) is 3.31. The molecule has 1 heterocycles. The van der Waals surface area contributed by atoms with E-state index in [-0.39, 0.29) is 0 Å². The molecular weight excluding hydrogens is 328 g/mol. The quantitative estimate of drug-likeness (QED) is 0.385. The molecule has 0 saturated carbocycles. The fourth-order valence-corrected chi connectivity index (χ4v) is 4.31. The number of rotatable bonds is 3. The van der Waals surface area contributed by atoms with Crippen LogP contribution in [-0.4, -0.2) is 0 Å². The van der Waals surface area contributed by atoms with E-state index in [0.717, 1.165) is 24.0 Å². The maximum absolute atomic E-state index is 5.99. The molecule has 1 heteroatoms. The minimum absolute atomic E-state index is 0.926. The first kappa shape index (κ1) is 16.1. The summed E-state index contributed by atoms with van der Waals surface area (Å²) in [5.74, 6) is 1.01. The number of hydrogen-bond acceptors (Lipinski definition) is 1. The van der Waals surface area contributed by atoms with E-state index in [2.05, 4.69) is 80.6 Å². The van der Waals surface area contributed by atoms with E-state index < -0.39 is 0 Å². The van der Waals surface area contributed by atoms with Crippen LogP contribution in [0.3, 0.4) is 0 Å². The first-order valence-electron chi connectivity index (χ1n) is 9.64. The second kappa shape index (κ2) is 6.28. The zero-order chi connectivity index (χ0) is 18.4. The molecule has 0 atom stereocenters. The van der Waals surface area contributed by atoms with Gasteiger partial charge in [0.15, 0.2) is 0 Å². The molecule has 1 aliphatic rings. The van der Waals surface area contributed by atoms with Gasteiger partial charge in [-0.05, 0) is 52.8 Å². The van der Waals surface area contributed by atoms with Gasteiger partial charge in [0.25, 0.3) is 0 Å². The van der Waals surface area contributed by atoms with Crippen molar-refractivity contribution in [1.29, 1.82) is 0 Å².